The first-order chi connectivity index (χ1) is 17.4. The molecule has 3 aromatic rings. The second-order valence-electron chi connectivity index (χ2n) is 9.99. The van der Waals surface area contributed by atoms with Crippen LogP contribution in [0.2, 0.25) is 0 Å². The standard InChI is InChI=1S/C30H40N4O2/c1-5-34(32-24(4)35)23(3)27-9-6-8-26(21-27)20-25-14-16-33(17-15-25)18-19-36-30-11-7-10-29-28(30)13-12-22(2)31-29/h6-13,21,23,25H,5,14-20H2,1-4H3,(H,32,35). The zero-order valence-corrected chi connectivity index (χ0v) is 22.2. The summed E-state index contributed by atoms with van der Waals surface area (Å²) < 4.78 is 6.16. The Labute approximate surface area is 215 Å². The number of likely N-dealkylation sites (tertiary alicyclic amines) is 1. The molecule has 6 nitrogen and oxygen atoms in total. The number of nitrogens with one attached hydrogen (secondary N) is 1. The normalized spacial score (nSPS) is 15.8. The summed E-state index contributed by atoms with van der Waals surface area (Å²) in [7, 11) is 0. The summed E-state index contributed by atoms with van der Waals surface area (Å²) in [4.78, 5) is 18.7. The lowest BCUT2D eigenvalue weighted by Crippen LogP contribution is -2.42. The Morgan fingerprint density at radius 3 is 2.69 bits per heavy atom. The van der Waals surface area contributed by atoms with Crippen LogP contribution in [-0.2, 0) is 11.2 Å². The van der Waals surface area contributed by atoms with Gasteiger partial charge in [0, 0.05) is 31.1 Å². The Hall–Kier alpha value is -2.96. The number of ether oxygens (including phenoxy) is 1. The summed E-state index contributed by atoms with van der Waals surface area (Å²) in [6.45, 7) is 12.4. The van der Waals surface area contributed by atoms with Crippen LogP contribution in [0.1, 0.15) is 56.5 Å². The maximum absolute atomic E-state index is 11.5. The number of aryl methyl sites for hydroxylation is 1. The van der Waals surface area contributed by atoms with Gasteiger partial charge in [-0.1, -0.05) is 37.3 Å². The molecule has 2 heterocycles. The number of carbonyl (C=O) groups excluding carboxylic acids is 1. The molecule has 2 aromatic carbocycles. The number of hydrogen-bond donors (Lipinski definition) is 1. The highest BCUT2D eigenvalue weighted by molar-refractivity contribution is 5.85. The fraction of sp³-hybridized carbons (Fsp3) is 0.467. The summed E-state index contributed by atoms with van der Waals surface area (Å²) >= 11 is 0. The highest BCUT2D eigenvalue weighted by Crippen LogP contribution is 2.26. The first-order valence-electron chi connectivity index (χ1n) is 13.3. The van der Waals surface area contributed by atoms with E-state index in [0.717, 1.165) is 54.9 Å². The molecular weight excluding hydrogens is 448 g/mol. The predicted molar refractivity (Wildman–Crippen MR) is 146 cm³/mol. The number of hydrogen-bond acceptors (Lipinski definition) is 5. The lowest BCUT2D eigenvalue weighted by Gasteiger charge is -2.32. The van der Waals surface area contributed by atoms with Gasteiger partial charge < -0.3 is 4.74 Å². The summed E-state index contributed by atoms with van der Waals surface area (Å²) in [5, 5.41) is 3.08. The second-order valence-corrected chi connectivity index (χ2v) is 9.99. The van der Waals surface area contributed by atoms with E-state index < -0.39 is 0 Å². The molecule has 1 aromatic heterocycles. The maximum Gasteiger partial charge on any atom is 0.231 e. The number of aromatic nitrogens is 1. The summed E-state index contributed by atoms with van der Waals surface area (Å²) in [6, 6.07) is 19.3. The Morgan fingerprint density at radius 2 is 1.94 bits per heavy atom. The van der Waals surface area contributed by atoms with Crippen molar-refractivity contribution in [3.63, 3.8) is 0 Å². The van der Waals surface area contributed by atoms with Gasteiger partial charge in [0.1, 0.15) is 12.4 Å². The van der Waals surface area contributed by atoms with Crippen LogP contribution >= 0.6 is 0 Å². The number of pyridine rings is 1. The number of rotatable bonds is 10. The van der Waals surface area contributed by atoms with Crippen LogP contribution in [0, 0.1) is 12.8 Å². The third kappa shape index (κ3) is 6.83. The van der Waals surface area contributed by atoms with Gasteiger partial charge in [-0.05, 0) is 87.5 Å². The molecule has 1 fully saturated rings. The molecule has 0 spiro atoms. The third-order valence-corrected chi connectivity index (χ3v) is 7.27. The van der Waals surface area contributed by atoms with Gasteiger partial charge in [0.25, 0.3) is 0 Å². The van der Waals surface area contributed by atoms with Crippen LogP contribution in [-0.4, -0.2) is 53.6 Å². The van der Waals surface area contributed by atoms with Gasteiger partial charge in [0.05, 0.1) is 11.6 Å². The average Bonchev–Trinajstić information content (AvgIpc) is 2.88. The van der Waals surface area contributed by atoms with E-state index >= 15 is 0 Å². The van der Waals surface area contributed by atoms with E-state index in [1.807, 2.05) is 36.2 Å². The number of nitrogens with zero attached hydrogens (tertiary/aromatic N) is 3. The van der Waals surface area contributed by atoms with Crippen molar-refractivity contribution in [2.24, 2.45) is 5.92 Å². The number of benzene rings is 2. The predicted octanol–water partition coefficient (Wildman–Crippen LogP) is 5.31. The quantitative estimate of drug-likeness (QED) is 0.392. The Bertz CT molecular complexity index is 1160. The van der Waals surface area contributed by atoms with Crippen molar-refractivity contribution in [1.82, 2.24) is 20.3 Å². The zero-order chi connectivity index (χ0) is 25.5. The van der Waals surface area contributed by atoms with E-state index in [9.17, 15) is 4.79 Å². The lowest BCUT2D eigenvalue weighted by atomic mass is 9.89. The molecule has 4 rings (SSSR count). The number of hydrazine groups is 1. The highest BCUT2D eigenvalue weighted by Gasteiger charge is 2.21. The van der Waals surface area contributed by atoms with E-state index in [1.54, 1.807) is 6.92 Å². The molecule has 1 saturated heterocycles. The number of fused-ring (bicyclic) bond motifs is 1. The molecule has 0 saturated carbocycles. The smallest absolute Gasteiger partial charge is 0.231 e. The van der Waals surface area contributed by atoms with E-state index in [-0.39, 0.29) is 11.9 Å². The van der Waals surface area contributed by atoms with E-state index in [2.05, 4.69) is 59.5 Å². The van der Waals surface area contributed by atoms with Crippen LogP contribution in [0.25, 0.3) is 10.9 Å². The Kier molecular flexibility index (Phi) is 8.94. The molecule has 0 radical (unpaired) electrons. The lowest BCUT2D eigenvalue weighted by molar-refractivity contribution is -0.124. The van der Waals surface area contributed by atoms with Gasteiger partial charge in [-0.3, -0.25) is 20.1 Å². The molecule has 1 aliphatic heterocycles. The van der Waals surface area contributed by atoms with Crippen LogP contribution in [0.4, 0.5) is 0 Å². The van der Waals surface area contributed by atoms with Crippen LogP contribution < -0.4 is 10.2 Å². The SMILES string of the molecule is CCN(NC(C)=O)C(C)c1cccc(CC2CCN(CCOc3cccc4nc(C)ccc34)CC2)c1. The molecule has 36 heavy (non-hydrogen) atoms. The second kappa shape index (κ2) is 12.3. The maximum atomic E-state index is 11.5. The third-order valence-electron chi connectivity index (χ3n) is 7.27. The minimum Gasteiger partial charge on any atom is -0.492 e. The molecule has 1 amide bonds. The Balaban J connectivity index is 1.24. The first kappa shape index (κ1) is 26.1. The van der Waals surface area contributed by atoms with Crippen molar-refractivity contribution in [3.8, 4) is 5.75 Å². The first-order valence-corrected chi connectivity index (χ1v) is 13.3. The monoisotopic (exact) mass is 488 g/mol. The van der Waals surface area contributed by atoms with Crippen molar-refractivity contribution >= 4 is 16.8 Å². The molecule has 1 unspecified atom stereocenters. The minimum atomic E-state index is -0.0266. The number of piperidine rings is 1. The summed E-state index contributed by atoms with van der Waals surface area (Å²) in [5.41, 5.74) is 7.60. The fourth-order valence-electron chi connectivity index (χ4n) is 5.20. The largest absolute Gasteiger partial charge is 0.492 e. The van der Waals surface area contributed by atoms with Gasteiger partial charge in [-0.15, -0.1) is 0 Å². The van der Waals surface area contributed by atoms with E-state index in [0.29, 0.717) is 12.5 Å². The zero-order valence-electron chi connectivity index (χ0n) is 22.2. The molecular formula is C30H40N4O2. The summed E-state index contributed by atoms with van der Waals surface area (Å²) in [6.07, 6.45) is 3.54. The highest BCUT2D eigenvalue weighted by atomic mass is 16.5. The molecule has 1 N–H and O–H groups in total. The van der Waals surface area contributed by atoms with E-state index in [1.165, 1.54) is 24.0 Å². The van der Waals surface area contributed by atoms with Gasteiger partial charge >= 0.3 is 0 Å². The minimum absolute atomic E-state index is 0.0266. The summed E-state index contributed by atoms with van der Waals surface area (Å²) in [5.74, 6) is 1.60. The van der Waals surface area contributed by atoms with Gasteiger partial charge in [0.2, 0.25) is 5.91 Å². The van der Waals surface area contributed by atoms with Crippen molar-refractivity contribution < 1.29 is 9.53 Å². The average molecular weight is 489 g/mol. The van der Waals surface area contributed by atoms with Crippen molar-refractivity contribution in [3.05, 3.63) is 71.4 Å². The molecule has 1 atom stereocenters. The number of amides is 1. The van der Waals surface area contributed by atoms with Gasteiger partial charge in [-0.25, -0.2) is 5.01 Å². The molecule has 6 heteroatoms. The molecule has 0 aliphatic carbocycles. The van der Waals surface area contributed by atoms with Gasteiger partial charge in [0.15, 0.2) is 0 Å². The van der Waals surface area contributed by atoms with Crippen molar-refractivity contribution in [1.29, 1.82) is 0 Å². The van der Waals surface area contributed by atoms with E-state index in [4.69, 9.17) is 4.74 Å². The molecule has 192 valence electrons. The number of carbonyl (C=O) groups is 1. The van der Waals surface area contributed by atoms with Crippen LogP contribution in [0.3, 0.4) is 0 Å². The van der Waals surface area contributed by atoms with Crippen molar-refractivity contribution in [2.75, 3.05) is 32.8 Å². The van der Waals surface area contributed by atoms with Crippen LogP contribution in [0.5, 0.6) is 5.75 Å². The fourth-order valence-corrected chi connectivity index (χ4v) is 5.20. The molecule has 1 aliphatic rings. The van der Waals surface area contributed by atoms with Crippen LogP contribution in [0.15, 0.2) is 54.6 Å². The van der Waals surface area contributed by atoms with Gasteiger partial charge in [-0.2, -0.15) is 0 Å². The molecule has 0 bridgehead atoms. The van der Waals surface area contributed by atoms with Crippen molar-refractivity contribution in [2.45, 2.75) is 53.0 Å². The topological polar surface area (TPSA) is 57.7 Å². The Morgan fingerprint density at radius 1 is 1.17 bits per heavy atom.